The van der Waals surface area contributed by atoms with Gasteiger partial charge in [-0.25, -0.2) is 0 Å². The van der Waals surface area contributed by atoms with E-state index in [1.54, 1.807) is 15.9 Å². The van der Waals surface area contributed by atoms with Crippen LogP contribution in [0.2, 0.25) is 0 Å². The molecule has 1 aromatic carbocycles. The van der Waals surface area contributed by atoms with Crippen LogP contribution in [0.15, 0.2) is 24.3 Å². The Bertz CT molecular complexity index is 627. The van der Waals surface area contributed by atoms with Gasteiger partial charge >= 0.3 is 6.61 Å². The average molecular weight is 354 g/mol. The topological polar surface area (TPSA) is 59.1 Å². The number of amides is 2. The van der Waals surface area contributed by atoms with Crippen molar-refractivity contribution in [2.24, 2.45) is 0 Å². The summed E-state index contributed by atoms with van der Waals surface area (Å²) in [6.45, 7) is -0.879. The molecule has 0 bridgehead atoms. The van der Waals surface area contributed by atoms with Crippen molar-refractivity contribution >= 4 is 11.8 Å². The number of hydrogen-bond acceptors (Lipinski definition) is 4. The van der Waals surface area contributed by atoms with Crippen LogP contribution in [0.25, 0.3) is 0 Å². The number of halogens is 2. The summed E-state index contributed by atoms with van der Waals surface area (Å²) in [6, 6.07) is 5.94. The standard InChI is InChI=1S/C17H20F2N2O4/c18-17(19)25-13-5-2-1-4-12(13)15(22)20-7-9-21(10-8-20)16(23)14-6-3-11-24-14/h1-2,4-5,14,17H,3,6-11H2. The second kappa shape index (κ2) is 7.77. The van der Waals surface area contributed by atoms with E-state index < -0.39 is 6.61 Å². The van der Waals surface area contributed by atoms with Crippen molar-refractivity contribution in [2.75, 3.05) is 32.8 Å². The second-order valence-corrected chi connectivity index (χ2v) is 5.99. The molecule has 2 amide bonds. The number of piperazine rings is 1. The van der Waals surface area contributed by atoms with Crippen molar-refractivity contribution in [3.05, 3.63) is 29.8 Å². The zero-order chi connectivity index (χ0) is 17.8. The Balaban J connectivity index is 1.61. The fourth-order valence-corrected chi connectivity index (χ4v) is 3.12. The summed E-state index contributed by atoms with van der Waals surface area (Å²) in [4.78, 5) is 28.2. The summed E-state index contributed by atoms with van der Waals surface area (Å²) >= 11 is 0. The molecular weight excluding hydrogens is 334 g/mol. The molecular formula is C17H20F2N2O4. The van der Waals surface area contributed by atoms with E-state index in [0.29, 0.717) is 32.8 Å². The maximum Gasteiger partial charge on any atom is 0.387 e. The predicted molar refractivity (Wildman–Crippen MR) is 84.5 cm³/mol. The Kier molecular flexibility index (Phi) is 5.47. The van der Waals surface area contributed by atoms with E-state index in [1.807, 2.05) is 0 Å². The number of carbonyl (C=O) groups is 2. The summed E-state index contributed by atoms with van der Waals surface area (Å²) in [5.74, 6) is -0.549. The van der Waals surface area contributed by atoms with E-state index in [2.05, 4.69) is 4.74 Å². The molecule has 6 nitrogen and oxygen atoms in total. The number of para-hydroxylation sites is 1. The number of nitrogens with zero attached hydrogens (tertiary/aromatic N) is 2. The Hall–Kier alpha value is -2.22. The van der Waals surface area contributed by atoms with Gasteiger partial charge in [-0.2, -0.15) is 8.78 Å². The van der Waals surface area contributed by atoms with Crippen molar-refractivity contribution in [3.63, 3.8) is 0 Å². The van der Waals surface area contributed by atoms with Gasteiger partial charge in [0.2, 0.25) is 0 Å². The number of hydrogen-bond donors (Lipinski definition) is 0. The minimum absolute atomic E-state index is 0.0361. The Morgan fingerprint density at radius 1 is 1.12 bits per heavy atom. The number of carbonyl (C=O) groups excluding carboxylic acids is 2. The highest BCUT2D eigenvalue weighted by Gasteiger charge is 2.32. The molecule has 3 rings (SSSR count). The van der Waals surface area contributed by atoms with Gasteiger partial charge in [0.15, 0.2) is 0 Å². The molecule has 25 heavy (non-hydrogen) atoms. The smallest absolute Gasteiger partial charge is 0.387 e. The fraction of sp³-hybridized carbons (Fsp3) is 0.529. The number of alkyl halides is 2. The molecule has 136 valence electrons. The van der Waals surface area contributed by atoms with Crippen molar-refractivity contribution in [2.45, 2.75) is 25.6 Å². The Morgan fingerprint density at radius 2 is 1.80 bits per heavy atom. The SMILES string of the molecule is O=C(c1ccccc1OC(F)F)N1CCN(C(=O)C2CCCO2)CC1. The third kappa shape index (κ3) is 4.07. The van der Waals surface area contributed by atoms with Crippen LogP contribution in [0.5, 0.6) is 5.75 Å². The molecule has 8 heteroatoms. The molecule has 2 heterocycles. The van der Waals surface area contributed by atoms with Crippen LogP contribution in [0.4, 0.5) is 8.78 Å². The van der Waals surface area contributed by atoms with Gasteiger partial charge in [-0.15, -0.1) is 0 Å². The van der Waals surface area contributed by atoms with Crippen LogP contribution in [0, 0.1) is 0 Å². The molecule has 0 aliphatic carbocycles. The molecule has 0 saturated carbocycles. The molecule has 2 aliphatic heterocycles. The fourth-order valence-electron chi connectivity index (χ4n) is 3.12. The minimum Gasteiger partial charge on any atom is -0.434 e. The van der Waals surface area contributed by atoms with E-state index in [4.69, 9.17) is 4.74 Å². The zero-order valence-electron chi connectivity index (χ0n) is 13.7. The van der Waals surface area contributed by atoms with Crippen LogP contribution >= 0.6 is 0 Å². The largest absolute Gasteiger partial charge is 0.434 e. The third-order valence-electron chi connectivity index (χ3n) is 4.42. The highest BCUT2D eigenvalue weighted by molar-refractivity contribution is 5.97. The Morgan fingerprint density at radius 3 is 2.44 bits per heavy atom. The quantitative estimate of drug-likeness (QED) is 0.827. The van der Waals surface area contributed by atoms with E-state index in [9.17, 15) is 18.4 Å². The molecule has 0 aromatic heterocycles. The number of ether oxygens (including phenoxy) is 2. The maximum absolute atomic E-state index is 12.6. The zero-order valence-corrected chi connectivity index (χ0v) is 13.7. The van der Waals surface area contributed by atoms with Gasteiger partial charge in [0.25, 0.3) is 11.8 Å². The van der Waals surface area contributed by atoms with E-state index in [-0.39, 0.29) is 29.2 Å². The molecule has 0 spiro atoms. The molecule has 1 unspecified atom stereocenters. The lowest BCUT2D eigenvalue weighted by Gasteiger charge is -2.36. The molecule has 0 N–H and O–H groups in total. The summed E-state index contributed by atoms with van der Waals surface area (Å²) in [5.41, 5.74) is 0.0988. The highest BCUT2D eigenvalue weighted by atomic mass is 19.3. The first-order chi connectivity index (χ1) is 12.1. The first-order valence-corrected chi connectivity index (χ1v) is 8.30. The van der Waals surface area contributed by atoms with Gasteiger partial charge in [0.05, 0.1) is 5.56 Å². The monoisotopic (exact) mass is 354 g/mol. The molecule has 2 saturated heterocycles. The molecule has 2 fully saturated rings. The molecule has 2 aliphatic rings. The van der Waals surface area contributed by atoms with E-state index in [0.717, 1.165) is 12.8 Å². The molecule has 1 atom stereocenters. The van der Waals surface area contributed by atoms with Crippen molar-refractivity contribution < 1.29 is 27.8 Å². The van der Waals surface area contributed by atoms with E-state index >= 15 is 0 Å². The van der Waals surface area contributed by atoms with Gasteiger partial charge < -0.3 is 19.3 Å². The third-order valence-corrected chi connectivity index (χ3v) is 4.42. The summed E-state index contributed by atoms with van der Waals surface area (Å²) in [5, 5.41) is 0. The van der Waals surface area contributed by atoms with Gasteiger partial charge in [-0.1, -0.05) is 12.1 Å². The lowest BCUT2D eigenvalue weighted by Crippen LogP contribution is -2.52. The number of rotatable bonds is 4. The van der Waals surface area contributed by atoms with Crippen LogP contribution in [-0.4, -0.2) is 67.1 Å². The van der Waals surface area contributed by atoms with Gasteiger partial charge in [-0.05, 0) is 25.0 Å². The predicted octanol–water partition coefficient (Wildman–Crippen LogP) is 1.75. The minimum atomic E-state index is -2.99. The highest BCUT2D eigenvalue weighted by Crippen LogP contribution is 2.23. The van der Waals surface area contributed by atoms with Gasteiger partial charge in [0.1, 0.15) is 11.9 Å². The van der Waals surface area contributed by atoms with Crippen molar-refractivity contribution in [1.29, 1.82) is 0 Å². The molecule has 1 aromatic rings. The van der Waals surface area contributed by atoms with E-state index in [1.165, 1.54) is 18.2 Å². The summed E-state index contributed by atoms with van der Waals surface area (Å²) in [6.07, 6.45) is 1.24. The maximum atomic E-state index is 12.6. The lowest BCUT2D eigenvalue weighted by atomic mass is 10.1. The van der Waals surface area contributed by atoms with Crippen molar-refractivity contribution in [1.82, 2.24) is 9.80 Å². The normalized spacial score (nSPS) is 20.8. The van der Waals surface area contributed by atoms with Crippen LogP contribution in [0.1, 0.15) is 23.2 Å². The van der Waals surface area contributed by atoms with Crippen molar-refractivity contribution in [3.8, 4) is 5.75 Å². The summed E-state index contributed by atoms with van der Waals surface area (Å²) in [7, 11) is 0. The Labute approximate surface area is 144 Å². The number of benzene rings is 1. The van der Waals surface area contributed by atoms with Gasteiger partial charge in [-0.3, -0.25) is 9.59 Å². The second-order valence-electron chi connectivity index (χ2n) is 5.99. The van der Waals surface area contributed by atoms with Crippen LogP contribution < -0.4 is 4.74 Å². The average Bonchev–Trinajstić information content (AvgIpc) is 3.15. The van der Waals surface area contributed by atoms with Crippen LogP contribution in [-0.2, 0) is 9.53 Å². The first kappa shape index (κ1) is 17.6. The molecule has 0 radical (unpaired) electrons. The van der Waals surface area contributed by atoms with Crippen LogP contribution in [0.3, 0.4) is 0 Å². The first-order valence-electron chi connectivity index (χ1n) is 8.30. The summed E-state index contributed by atoms with van der Waals surface area (Å²) < 4.78 is 34.8. The lowest BCUT2D eigenvalue weighted by molar-refractivity contribution is -0.142. The van der Waals surface area contributed by atoms with Gasteiger partial charge in [0, 0.05) is 32.8 Å².